The Morgan fingerprint density at radius 1 is 1.50 bits per heavy atom. The minimum atomic E-state index is -0.126. The maximum Gasteiger partial charge on any atom is 0.258 e. The standard InChI is InChI=1S/C14H19BrN2O3/c1-9-6-10(15)7-12(16)14(9)20-8-13(18)17-11-2-4-19-5-3-11/h6-7,11H,2-5,8,16H2,1H3,(H,17,18). The number of carbonyl (C=O) groups is 1. The first-order chi connectivity index (χ1) is 9.56. The van der Waals surface area contributed by atoms with Gasteiger partial charge in [0.2, 0.25) is 0 Å². The number of halogens is 1. The van der Waals surface area contributed by atoms with Crippen molar-refractivity contribution in [2.45, 2.75) is 25.8 Å². The average molecular weight is 343 g/mol. The number of anilines is 1. The van der Waals surface area contributed by atoms with Crippen LogP contribution in [0.2, 0.25) is 0 Å². The summed E-state index contributed by atoms with van der Waals surface area (Å²) in [5, 5.41) is 2.95. The number of amides is 1. The van der Waals surface area contributed by atoms with Gasteiger partial charge in [0.25, 0.3) is 5.91 Å². The zero-order valence-electron chi connectivity index (χ0n) is 11.4. The van der Waals surface area contributed by atoms with E-state index in [1.165, 1.54) is 0 Å². The lowest BCUT2D eigenvalue weighted by Gasteiger charge is -2.23. The monoisotopic (exact) mass is 342 g/mol. The molecule has 0 saturated carbocycles. The molecule has 0 spiro atoms. The van der Waals surface area contributed by atoms with Crippen molar-refractivity contribution in [2.75, 3.05) is 25.6 Å². The van der Waals surface area contributed by atoms with Crippen LogP contribution < -0.4 is 15.8 Å². The van der Waals surface area contributed by atoms with Crippen LogP contribution in [0.1, 0.15) is 18.4 Å². The van der Waals surface area contributed by atoms with Crippen LogP contribution >= 0.6 is 15.9 Å². The number of benzene rings is 1. The molecular formula is C14H19BrN2O3. The molecule has 0 atom stereocenters. The van der Waals surface area contributed by atoms with E-state index in [0.29, 0.717) is 24.7 Å². The van der Waals surface area contributed by atoms with Gasteiger partial charge < -0.3 is 20.5 Å². The van der Waals surface area contributed by atoms with Gasteiger partial charge in [-0.05, 0) is 37.5 Å². The number of ether oxygens (including phenoxy) is 2. The Morgan fingerprint density at radius 3 is 2.85 bits per heavy atom. The van der Waals surface area contributed by atoms with E-state index < -0.39 is 0 Å². The summed E-state index contributed by atoms with van der Waals surface area (Å²) in [5.41, 5.74) is 7.31. The molecule has 1 saturated heterocycles. The van der Waals surface area contributed by atoms with Gasteiger partial charge >= 0.3 is 0 Å². The zero-order valence-corrected chi connectivity index (χ0v) is 13.0. The molecule has 1 aliphatic heterocycles. The molecule has 20 heavy (non-hydrogen) atoms. The van der Waals surface area contributed by atoms with Crippen LogP contribution in [0.25, 0.3) is 0 Å². The van der Waals surface area contributed by atoms with Crippen LogP contribution in [0.3, 0.4) is 0 Å². The molecule has 5 nitrogen and oxygen atoms in total. The molecule has 1 aromatic carbocycles. The van der Waals surface area contributed by atoms with E-state index in [9.17, 15) is 4.79 Å². The topological polar surface area (TPSA) is 73.6 Å². The molecule has 1 amide bonds. The van der Waals surface area contributed by atoms with E-state index in [1.807, 2.05) is 13.0 Å². The fourth-order valence-electron chi connectivity index (χ4n) is 2.20. The van der Waals surface area contributed by atoms with Crippen molar-refractivity contribution in [1.29, 1.82) is 0 Å². The summed E-state index contributed by atoms with van der Waals surface area (Å²) in [6.07, 6.45) is 1.70. The third kappa shape index (κ3) is 4.11. The average Bonchev–Trinajstić information content (AvgIpc) is 2.38. The number of nitrogens with two attached hydrogens (primary N) is 1. The van der Waals surface area contributed by atoms with Crippen LogP contribution in [0, 0.1) is 6.92 Å². The Balaban J connectivity index is 1.87. The van der Waals surface area contributed by atoms with Crippen LogP contribution in [0.4, 0.5) is 5.69 Å². The van der Waals surface area contributed by atoms with Gasteiger partial charge in [-0.2, -0.15) is 0 Å². The predicted molar refractivity (Wildman–Crippen MR) is 80.8 cm³/mol. The lowest BCUT2D eigenvalue weighted by molar-refractivity contribution is -0.124. The second-order valence-electron chi connectivity index (χ2n) is 4.88. The highest BCUT2D eigenvalue weighted by atomic mass is 79.9. The smallest absolute Gasteiger partial charge is 0.258 e. The second-order valence-corrected chi connectivity index (χ2v) is 5.80. The summed E-state index contributed by atoms with van der Waals surface area (Å²) in [5.74, 6) is 0.439. The maximum atomic E-state index is 11.8. The number of rotatable bonds is 4. The summed E-state index contributed by atoms with van der Waals surface area (Å²) >= 11 is 3.37. The van der Waals surface area contributed by atoms with Gasteiger partial charge in [0.15, 0.2) is 6.61 Å². The van der Waals surface area contributed by atoms with Gasteiger partial charge in [-0.1, -0.05) is 15.9 Å². The first-order valence-electron chi connectivity index (χ1n) is 6.62. The fraction of sp³-hybridized carbons (Fsp3) is 0.500. The minimum absolute atomic E-state index is 0.0238. The van der Waals surface area contributed by atoms with E-state index in [-0.39, 0.29) is 18.6 Å². The Bertz CT molecular complexity index is 464. The molecule has 0 unspecified atom stereocenters. The van der Waals surface area contributed by atoms with Crippen molar-refractivity contribution >= 4 is 27.5 Å². The molecule has 110 valence electrons. The number of nitrogen functional groups attached to an aromatic ring is 1. The SMILES string of the molecule is Cc1cc(Br)cc(N)c1OCC(=O)NC1CCOCC1. The van der Waals surface area contributed by atoms with E-state index in [0.717, 1.165) is 22.9 Å². The number of carbonyl (C=O) groups excluding carboxylic acids is 1. The van der Waals surface area contributed by atoms with Crippen LogP contribution in [-0.2, 0) is 9.53 Å². The highest BCUT2D eigenvalue weighted by Crippen LogP contribution is 2.29. The zero-order chi connectivity index (χ0) is 14.5. The van der Waals surface area contributed by atoms with Crippen molar-refractivity contribution < 1.29 is 14.3 Å². The van der Waals surface area contributed by atoms with Crippen molar-refractivity contribution in [3.8, 4) is 5.75 Å². The molecule has 0 aliphatic carbocycles. The number of nitrogens with one attached hydrogen (secondary N) is 1. The fourth-order valence-corrected chi connectivity index (χ4v) is 2.79. The molecule has 1 aromatic rings. The molecule has 0 radical (unpaired) electrons. The van der Waals surface area contributed by atoms with Crippen molar-refractivity contribution in [2.24, 2.45) is 0 Å². The minimum Gasteiger partial charge on any atom is -0.481 e. The Morgan fingerprint density at radius 2 is 2.20 bits per heavy atom. The van der Waals surface area contributed by atoms with Crippen molar-refractivity contribution in [3.63, 3.8) is 0 Å². The number of aryl methyl sites for hydroxylation is 1. The van der Waals surface area contributed by atoms with Crippen LogP contribution in [-0.4, -0.2) is 31.8 Å². The Labute approximate surface area is 126 Å². The van der Waals surface area contributed by atoms with Gasteiger partial charge in [0, 0.05) is 23.7 Å². The van der Waals surface area contributed by atoms with E-state index >= 15 is 0 Å². The normalized spacial score (nSPS) is 15.9. The van der Waals surface area contributed by atoms with E-state index in [2.05, 4.69) is 21.2 Å². The summed E-state index contributed by atoms with van der Waals surface area (Å²) < 4.78 is 11.7. The predicted octanol–water partition coefficient (Wildman–Crippen LogP) is 2.01. The molecule has 1 aliphatic rings. The van der Waals surface area contributed by atoms with Crippen molar-refractivity contribution in [3.05, 3.63) is 22.2 Å². The highest BCUT2D eigenvalue weighted by molar-refractivity contribution is 9.10. The van der Waals surface area contributed by atoms with E-state index in [4.69, 9.17) is 15.2 Å². The molecule has 1 fully saturated rings. The Kier molecular flexibility index (Phi) is 5.25. The second kappa shape index (κ2) is 6.95. The van der Waals surface area contributed by atoms with Gasteiger partial charge in [0.05, 0.1) is 5.69 Å². The van der Waals surface area contributed by atoms with Gasteiger partial charge in [0.1, 0.15) is 5.75 Å². The molecule has 0 bridgehead atoms. The largest absolute Gasteiger partial charge is 0.481 e. The Hall–Kier alpha value is -1.27. The molecule has 3 N–H and O–H groups in total. The van der Waals surface area contributed by atoms with Gasteiger partial charge in [-0.25, -0.2) is 0 Å². The maximum absolute atomic E-state index is 11.8. The first-order valence-corrected chi connectivity index (χ1v) is 7.41. The van der Waals surface area contributed by atoms with Crippen molar-refractivity contribution in [1.82, 2.24) is 5.32 Å². The summed E-state index contributed by atoms with van der Waals surface area (Å²) in [6, 6.07) is 3.85. The van der Waals surface area contributed by atoms with Gasteiger partial charge in [-0.15, -0.1) is 0 Å². The van der Waals surface area contributed by atoms with Crippen LogP contribution in [0.15, 0.2) is 16.6 Å². The summed E-state index contributed by atoms with van der Waals surface area (Å²) in [4.78, 5) is 11.8. The molecule has 2 rings (SSSR count). The third-order valence-corrected chi connectivity index (χ3v) is 3.66. The molecule has 0 aromatic heterocycles. The van der Waals surface area contributed by atoms with E-state index in [1.54, 1.807) is 6.07 Å². The summed E-state index contributed by atoms with van der Waals surface area (Å²) in [7, 11) is 0. The number of hydrogen-bond donors (Lipinski definition) is 2. The lowest BCUT2D eigenvalue weighted by Crippen LogP contribution is -2.41. The molecule has 1 heterocycles. The highest BCUT2D eigenvalue weighted by Gasteiger charge is 2.16. The lowest BCUT2D eigenvalue weighted by atomic mass is 10.1. The quantitative estimate of drug-likeness (QED) is 0.821. The number of hydrogen-bond acceptors (Lipinski definition) is 4. The first kappa shape index (κ1) is 15.1. The van der Waals surface area contributed by atoms with Gasteiger partial charge in [-0.3, -0.25) is 4.79 Å². The molecular weight excluding hydrogens is 324 g/mol. The van der Waals surface area contributed by atoms with Crippen LogP contribution in [0.5, 0.6) is 5.75 Å². The summed E-state index contributed by atoms with van der Waals surface area (Å²) in [6.45, 7) is 3.27. The third-order valence-electron chi connectivity index (χ3n) is 3.20. The molecule has 6 heteroatoms.